The molecule has 0 bridgehead atoms. The van der Waals surface area contributed by atoms with Gasteiger partial charge in [-0.05, 0) is 74.9 Å². The van der Waals surface area contributed by atoms with Crippen LogP contribution >= 0.6 is 24.0 Å². The van der Waals surface area contributed by atoms with Gasteiger partial charge in [0.25, 0.3) is 5.91 Å². The third kappa shape index (κ3) is 3.80. The number of para-hydroxylation sites is 1. The topological polar surface area (TPSA) is 34.5 Å². The van der Waals surface area contributed by atoms with Crippen LogP contribution in [0.1, 0.15) is 23.9 Å². The van der Waals surface area contributed by atoms with E-state index in [0.717, 1.165) is 34.1 Å². The SMILES string of the molecule is CCOc1ccc(-n2c(C)cc(/C=C3/SC(=S)N(c4ccccc4)C3=O)c2C)cc1. The van der Waals surface area contributed by atoms with E-state index in [1.165, 1.54) is 11.8 Å². The highest BCUT2D eigenvalue weighted by molar-refractivity contribution is 8.27. The second kappa shape index (κ2) is 8.50. The molecule has 6 heteroatoms. The van der Waals surface area contributed by atoms with Gasteiger partial charge < -0.3 is 9.30 Å². The Morgan fingerprint density at radius 2 is 1.73 bits per heavy atom. The van der Waals surface area contributed by atoms with Crippen LogP contribution in [0.25, 0.3) is 11.8 Å². The van der Waals surface area contributed by atoms with Crippen molar-refractivity contribution < 1.29 is 9.53 Å². The first-order valence-electron chi connectivity index (χ1n) is 9.74. The molecule has 0 radical (unpaired) electrons. The van der Waals surface area contributed by atoms with E-state index >= 15 is 0 Å². The van der Waals surface area contributed by atoms with Gasteiger partial charge in [-0.3, -0.25) is 9.69 Å². The molecule has 0 N–H and O–H groups in total. The summed E-state index contributed by atoms with van der Waals surface area (Å²) >= 11 is 6.82. The number of nitrogens with zero attached hydrogens (tertiary/aromatic N) is 2. The van der Waals surface area contributed by atoms with E-state index in [0.29, 0.717) is 15.8 Å². The summed E-state index contributed by atoms with van der Waals surface area (Å²) in [6, 6.07) is 19.7. The quantitative estimate of drug-likeness (QED) is 0.370. The van der Waals surface area contributed by atoms with Crippen molar-refractivity contribution in [1.29, 1.82) is 0 Å². The molecule has 1 fully saturated rings. The molecule has 1 saturated heterocycles. The Morgan fingerprint density at radius 3 is 2.40 bits per heavy atom. The second-order valence-electron chi connectivity index (χ2n) is 6.94. The maximum atomic E-state index is 13.0. The molecule has 30 heavy (non-hydrogen) atoms. The number of anilines is 1. The third-order valence-electron chi connectivity index (χ3n) is 4.97. The van der Waals surface area contributed by atoms with Gasteiger partial charge in [0.05, 0.1) is 17.2 Å². The molecule has 2 aromatic carbocycles. The summed E-state index contributed by atoms with van der Waals surface area (Å²) in [6.45, 7) is 6.75. The number of amides is 1. The van der Waals surface area contributed by atoms with Gasteiger partial charge >= 0.3 is 0 Å². The van der Waals surface area contributed by atoms with Crippen molar-refractivity contribution in [1.82, 2.24) is 4.57 Å². The van der Waals surface area contributed by atoms with Crippen molar-refractivity contribution in [3.8, 4) is 11.4 Å². The Bertz CT molecular complexity index is 1130. The van der Waals surface area contributed by atoms with Crippen molar-refractivity contribution in [2.45, 2.75) is 20.8 Å². The van der Waals surface area contributed by atoms with Crippen molar-refractivity contribution >= 4 is 46.0 Å². The van der Waals surface area contributed by atoms with Crippen LogP contribution in [0.2, 0.25) is 0 Å². The highest BCUT2D eigenvalue weighted by Gasteiger charge is 2.33. The maximum Gasteiger partial charge on any atom is 0.270 e. The molecule has 3 aromatic rings. The number of hydrogen-bond donors (Lipinski definition) is 0. The molecular weight excluding hydrogens is 412 g/mol. The number of rotatable bonds is 5. The zero-order valence-electron chi connectivity index (χ0n) is 17.1. The summed E-state index contributed by atoms with van der Waals surface area (Å²) < 4.78 is 8.28. The van der Waals surface area contributed by atoms with E-state index < -0.39 is 0 Å². The highest BCUT2D eigenvalue weighted by Crippen LogP contribution is 2.36. The lowest BCUT2D eigenvalue weighted by atomic mass is 10.2. The second-order valence-corrected chi connectivity index (χ2v) is 8.62. The summed E-state index contributed by atoms with van der Waals surface area (Å²) in [4.78, 5) is 15.3. The van der Waals surface area contributed by atoms with Crippen molar-refractivity contribution in [2.75, 3.05) is 11.5 Å². The molecule has 0 spiro atoms. The van der Waals surface area contributed by atoms with Crippen molar-refractivity contribution in [3.05, 3.63) is 82.5 Å². The molecule has 1 aromatic heterocycles. The minimum absolute atomic E-state index is 0.0814. The van der Waals surface area contributed by atoms with E-state index in [1.807, 2.05) is 67.6 Å². The lowest BCUT2D eigenvalue weighted by Crippen LogP contribution is -2.27. The number of thioether (sulfide) groups is 1. The van der Waals surface area contributed by atoms with Gasteiger partial charge in [-0.1, -0.05) is 42.2 Å². The summed E-state index contributed by atoms with van der Waals surface area (Å²) in [5.74, 6) is 0.774. The molecule has 1 amide bonds. The summed E-state index contributed by atoms with van der Waals surface area (Å²) in [5.41, 5.74) is 5.03. The number of aromatic nitrogens is 1. The number of thiocarbonyl (C=S) groups is 1. The fourth-order valence-corrected chi connectivity index (χ4v) is 4.89. The minimum atomic E-state index is -0.0814. The van der Waals surface area contributed by atoms with Gasteiger partial charge in [0.15, 0.2) is 4.32 Å². The molecule has 4 rings (SSSR count). The van der Waals surface area contributed by atoms with Crippen LogP contribution in [0, 0.1) is 13.8 Å². The van der Waals surface area contributed by atoms with Crippen LogP contribution in [-0.2, 0) is 4.79 Å². The standard InChI is InChI=1S/C24H22N2O2S2/c1-4-28-21-12-10-20(11-13-21)25-16(2)14-18(17(25)3)15-22-23(27)26(24(29)30-22)19-8-6-5-7-9-19/h5-15H,4H2,1-3H3/b22-15+. The number of ether oxygens (including phenoxy) is 1. The monoisotopic (exact) mass is 434 g/mol. The van der Waals surface area contributed by atoms with Gasteiger partial charge in [0.2, 0.25) is 0 Å². The predicted molar refractivity (Wildman–Crippen MR) is 129 cm³/mol. The molecule has 152 valence electrons. The molecule has 4 nitrogen and oxygen atoms in total. The van der Waals surface area contributed by atoms with E-state index in [4.69, 9.17) is 17.0 Å². The average molecular weight is 435 g/mol. The van der Waals surface area contributed by atoms with Gasteiger partial charge in [-0.25, -0.2) is 0 Å². The Morgan fingerprint density at radius 1 is 1.03 bits per heavy atom. The number of benzene rings is 2. The minimum Gasteiger partial charge on any atom is -0.494 e. The number of hydrogen-bond acceptors (Lipinski definition) is 4. The van der Waals surface area contributed by atoms with Gasteiger partial charge in [-0.15, -0.1) is 0 Å². The molecular formula is C24H22N2O2S2. The van der Waals surface area contributed by atoms with Crippen molar-refractivity contribution in [3.63, 3.8) is 0 Å². The number of carbonyl (C=O) groups is 1. The fraction of sp³-hybridized carbons (Fsp3) is 0.167. The normalized spacial score (nSPS) is 15.3. The first-order chi connectivity index (χ1) is 14.5. The molecule has 0 atom stereocenters. The summed E-state index contributed by atoms with van der Waals surface area (Å²) in [7, 11) is 0. The Labute approximate surface area is 186 Å². The van der Waals surface area contributed by atoms with Crippen molar-refractivity contribution in [2.24, 2.45) is 0 Å². The van der Waals surface area contributed by atoms with Gasteiger partial charge in [0.1, 0.15) is 5.75 Å². The highest BCUT2D eigenvalue weighted by atomic mass is 32.2. The Kier molecular flexibility index (Phi) is 5.79. The van der Waals surface area contributed by atoms with Crippen LogP contribution in [-0.4, -0.2) is 21.4 Å². The van der Waals surface area contributed by atoms with Crippen LogP contribution in [0.3, 0.4) is 0 Å². The smallest absolute Gasteiger partial charge is 0.270 e. The molecule has 0 unspecified atom stereocenters. The van der Waals surface area contributed by atoms with Crippen LogP contribution in [0.15, 0.2) is 65.6 Å². The zero-order valence-corrected chi connectivity index (χ0v) is 18.7. The predicted octanol–water partition coefficient (Wildman–Crippen LogP) is 5.90. The summed E-state index contributed by atoms with van der Waals surface area (Å²) in [6.07, 6.45) is 1.94. The van der Waals surface area contributed by atoms with Crippen LogP contribution in [0.4, 0.5) is 5.69 Å². The van der Waals surface area contributed by atoms with E-state index in [-0.39, 0.29) is 5.91 Å². The molecule has 2 heterocycles. The molecule has 1 aliphatic rings. The molecule has 0 aliphatic carbocycles. The summed E-state index contributed by atoms with van der Waals surface area (Å²) in [5, 5.41) is 0. The Hall–Kier alpha value is -2.83. The Balaban J connectivity index is 1.66. The van der Waals surface area contributed by atoms with Crippen LogP contribution < -0.4 is 9.64 Å². The average Bonchev–Trinajstić information content (AvgIpc) is 3.18. The van der Waals surface area contributed by atoms with Crippen LogP contribution in [0.5, 0.6) is 5.75 Å². The lowest BCUT2D eigenvalue weighted by molar-refractivity contribution is -0.113. The lowest BCUT2D eigenvalue weighted by Gasteiger charge is -2.13. The third-order valence-corrected chi connectivity index (χ3v) is 6.27. The zero-order chi connectivity index (χ0) is 21.3. The molecule has 1 aliphatic heterocycles. The first kappa shape index (κ1) is 20.4. The van der Waals surface area contributed by atoms with E-state index in [2.05, 4.69) is 24.5 Å². The van der Waals surface area contributed by atoms with Gasteiger partial charge in [0, 0.05) is 17.1 Å². The van der Waals surface area contributed by atoms with E-state index in [9.17, 15) is 4.79 Å². The number of aryl methyl sites for hydroxylation is 1. The van der Waals surface area contributed by atoms with Gasteiger partial charge in [-0.2, -0.15) is 0 Å². The first-order valence-corrected chi connectivity index (χ1v) is 11.0. The van der Waals surface area contributed by atoms with E-state index in [1.54, 1.807) is 4.90 Å². The fourth-order valence-electron chi connectivity index (χ4n) is 3.60. The largest absolute Gasteiger partial charge is 0.494 e. The maximum absolute atomic E-state index is 13.0. The molecule has 0 saturated carbocycles. The number of carbonyl (C=O) groups excluding carboxylic acids is 1.